The van der Waals surface area contributed by atoms with Gasteiger partial charge >= 0.3 is 6.80 Å². The zero-order chi connectivity index (χ0) is 22.7. The molecule has 1 aromatic heterocycles. The van der Waals surface area contributed by atoms with Gasteiger partial charge in [0.25, 0.3) is 0 Å². The van der Waals surface area contributed by atoms with E-state index in [1.54, 1.807) is 18.2 Å². The normalized spacial score (nSPS) is 13.2. The first-order valence-electron chi connectivity index (χ1n) is 10.4. The number of phenols is 1. The largest absolute Gasteiger partial charge is 0.504 e. The fourth-order valence-electron chi connectivity index (χ4n) is 3.24. The molecule has 0 aliphatic carbocycles. The third-order valence-electron chi connectivity index (χ3n) is 4.91. The Labute approximate surface area is 199 Å². The van der Waals surface area contributed by atoms with Crippen molar-refractivity contribution in [3.8, 4) is 17.2 Å². The van der Waals surface area contributed by atoms with Gasteiger partial charge in [-0.05, 0) is 70.0 Å². The smallest absolute Gasteiger partial charge is 0.492 e. The van der Waals surface area contributed by atoms with Gasteiger partial charge in [-0.2, -0.15) is 0 Å². The van der Waals surface area contributed by atoms with E-state index < -0.39 is 6.80 Å². The van der Waals surface area contributed by atoms with E-state index in [0.717, 1.165) is 40.7 Å². The number of aromatic hydroxyl groups is 1. The molecule has 4 rings (SSSR count). The summed E-state index contributed by atoms with van der Waals surface area (Å²) >= 11 is 4.63. The number of aryl methyl sites for hydroxylation is 1. The number of para-hydroxylation sites is 1. The fourth-order valence-corrected chi connectivity index (χ4v) is 7.10. The van der Waals surface area contributed by atoms with Crippen LogP contribution < -0.4 is 9.05 Å². The summed E-state index contributed by atoms with van der Waals surface area (Å²) in [6, 6.07) is 18.5. The lowest BCUT2D eigenvalue weighted by Gasteiger charge is -2.20. The minimum atomic E-state index is -3.66. The van der Waals surface area contributed by atoms with Gasteiger partial charge in [-0.3, -0.25) is 0 Å². The van der Waals surface area contributed by atoms with Crippen molar-refractivity contribution in [3.63, 3.8) is 0 Å². The maximum Gasteiger partial charge on any atom is 0.492 e. The van der Waals surface area contributed by atoms with Crippen LogP contribution in [0.15, 0.2) is 65.1 Å². The van der Waals surface area contributed by atoms with Crippen molar-refractivity contribution in [2.24, 2.45) is 0 Å². The molecule has 32 heavy (non-hydrogen) atoms. The predicted molar refractivity (Wildman–Crippen MR) is 136 cm³/mol. The Hall–Kier alpha value is -2.21. The van der Waals surface area contributed by atoms with Crippen LogP contribution in [-0.4, -0.2) is 15.8 Å². The SMILES string of the molecule is CCCSP(=O)(Oc1ccc(CC)cc1)Oc1cc(Br)c2nc3ccccc3cc2c1O. The number of halogens is 1. The number of phenolic OH excluding ortho intramolecular Hbond substituents is 1. The number of hydrogen-bond donors (Lipinski definition) is 1. The highest BCUT2D eigenvalue weighted by molar-refractivity contribution is 9.10. The fraction of sp³-hybridized carbons (Fsp3) is 0.208. The van der Waals surface area contributed by atoms with Gasteiger partial charge in [0.05, 0.1) is 11.0 Å². The van der Waals surface area contributed by atoms with Crippen molar-refractivity contribution in [2.75, 3.05) is 5.75 Å². The molecule has 166 valence electrons. The molecule has 0 saturated carbocycles. The highest BCUT2D eigenvalue weighted by Gasteiger charge is 2.31. The van der Waals surface area contributed by atoms with Crippen LogP contribution in [0.2, 0.25) is 0 Å². The Kier molecular flexibility index (Phi) is 6.99. The average Bonchev–Trinajstić information content (AvgIpc) is 2.80. The molecule has 0 amide bonds. The number of aromatic nitrogens is 1. The molecule has 0 bridgehead atoms. The van der Waals surface area contributed by atoms with Crippen LogP contribution in [0.5, 0.6) is 17.2 Å². The minimum absolute atomic E-state index is 0.0820. The lowest BCUT2D eigenvalue weighted by atomic mass is 10.1. The Morgan fingerprint density at radius 3 is 2.53 bits per heavy atom. The number of rotatable bonds is 8. The van der Waals surface area contributed by atoms with Gasteiger partial charge in [-0.15, -0.1) is 0 Å². The van der Waals surface area contributed by atoms with Crippen LogP contribution >= 0.6 is 34.1 Å². The number of benzene rings is 3. The van der Waals surface area contributed by atoms with E-state index in [4.69, 9.17) is 9.05 Å². The average molecular weight is 532 g/mol. The Balaban J connectivity index is 1.73. The molecule has 0 radical (unpaired) electrons. The molecular formula is C24H23BrNO4PS. The highest BCUT2D eigenvalue weighted by Crippen LogP contribution is 2.61. The first kappa shape index (κ1) is 23.0. The molecule has 0 aliphatic heterocycles. The van der Waals surface area contributed by atoms with Crippen LogP contribution in [0, 0.1) is 0 Å². The zero-order valence-corrected chi connectivity index (χ0v) is 21.0. The van der Waals surface area contributed by atoms with Crippen LogP contribution in [0.1, 0.15) is 25.8 Å². The third kappa shape index (κ3) is 4.90. The summed E-state index contributed by atoms with van der Waals surface area (Å²) in [6.45, 7) is 0.402. The molecule has 0 fully saturated rings. The van der Waals surface area contributed by atoms with Gasteiger partial charge in [0.2, 0.25) is 0 Å². The molecular weight excluding hydrogens is 509 g/mol. The highest BCUT2D eigenvalue weighted by atomic mass is 79.9. The maximum atomic E-state index is 13.7. The summed E-state index contributed by atoms with van der Waals surface area (Å²) < 4.78 is 26.0. The molecule has 1 atom stereocenters. The van der Waals surface area contributed by atoms with Crippen molar-refractivity contribution in [1.82, 2.24) is 4.98 Å². The van der Waals surface area contributed by atoms with E-state index in [-0.39, 0.29) is 11.5 Å². The van der Waals surface area contributed by atoms with Gasteiger partial charge < -0.3 is 14.2 Å². The number of nitrogens with zero attached hydrogens (tertiary/aromatic N) is 1. The van der Waals surface area contributed by atoms with Crippen molar-refractivity contribution >= 4 is 55.9 Å². The summed E-state index contributed by atoms with van der Waals surface area (Å²) in [5, 5.41) is 12.4. The molecule has 1 unspecified atom stereocenters. The second-order valence-corrected chi connectivity index (χ2v) is 12.1. The van der Waals surface area contributed by atoms with Gasteiger partial charge in [0.1, 0.15) is 5.75 Å². The number of pyridine rings is 1. The van der Waals surface area contributed by atoms with E-state index in [9.17, 15) is 9.67 Å². The first-order chi connectivity index (χ1) is 15.4. The van der Waals surface area contributed by atoms with E-state index in [1.165, 1.54) is 0 Å². The molecule has 0 saturated heterocycles. The molecule has 0 spiro atoms. The lowest BCUT2D eigenvalue weighted by Crippen LogP contribution is -2.00. The van der Waals surface area contributed by atoms with Gasteiger partial charge in [-0.25, -0.2) is 9.55 Å². The van der Waals surface area contributed by atoms with Gasteiger partial charge in [0.15, 0.2) is 11.5 Å². The van der Waals surface area contributed by atoms with Crippen molar-refractivity contribution in [1.29, 1.82) is 0 Å². The summed E-state index contributed by atoms with van der Waals surface area (Å²) in [4.78, 5) is 4.64. The maximum absolute atomic E-state index is 13.7. The van der Waals surface area contributed by atoms with E-state index in [2.05, 4.69) is 27.8 Å². The van der Waals surface area contributed by atoms with Crippen molar-refractivity contribution in [3.05, 3.63) is 70.7 Å². The van der Waals surface area contributed by atoms with Crippen LogP contribution in [0.3, 0.4) is 0 Å². The van der Waals surface area contributed by atoms with Gasteiger partial charge in [-0.1, -0.05) is 44.2 Å². The quantitative estimate of drug-likeness (QED) is 0.183. The lowest BCUT2D eigenvalue weighted by molar-refractivity contribution is 0.389. The van der Waals surface area contributed by atoms with Crippen LogP contribution in [0.25, 0.3) is 21.8 Å². The van der Waals surface area contributed by atoms with E-state index in [1.807, 2.05) is 49.4 Å². The van der Waals surface area contributed by atoms with Crippen LogP contribution in [-0.2, 0) is 11.0 Å². The minimum Gasteiger partial charge on any atom is -0.504 e. The predicted octanol–water partition coefficient (Wildman–Crippen LogP) is 8.13. The van der Waals surface area contributed by atoms with E-state index >= 15 is 0 Å². The second-order valence-electron chi connectivity index (χ2n) is 7.24. The zero-order valence-electron chi connectivity index (χ0n) is 17.7. The van der Waals surface area contributed by atoms with E-state index in [0.29, 0.717) is 26.9 Å². The second kappa shape index (κ2) is 9.74. The Bertz CT molecular complexity index is 1310. The molecule has 8 heteroatoms. The third-order valence-corrected chi connectivity index (χ3v) is 9.22. The monoisotopic (exact) mass is 531 g/mol. The molecule has 1 N–H and O–H groups in total. The Morgan fingerprint density at radius 1 is 1.06 bits per heavy atom. The molecule has 3 aromatic carbocycles. The summed E-state index contributed by atoms with van der Waals surface area (Å²) in [5.41, 5.74) is 2.57. The van der Waals surface area contributed by atoms with Crippen molar-refractivity contribution in [2.45, 2.75) is 26.7 Å². The molecule has 1 heterocycles. The van der Waals surface area contributed by atoms with Crippen LogP contribution in [0.4, 0.5) is 0 Å². The number of fused-ring (bicyclic) bond motifs is 2. The Morgan fingerprint density at radius 2 is 1.81 bits per heavy atom. The van der Waals surface area contributed by atoms with Gasteiger partial charge in [0, 0.05) is 27.1 Å². The summed E-state index contributed by atoms with van der Waals surface area (Å²) in [5.74, 6) is 1.01. The first-order valence-corrected chi connectivity index (χ1v) is 14.3. The topological polar surface area (TPSA) is 68.7 Å². The number of hydrogen-bond acceptors (Lipinski definition) is 6. The summed E-state index contributed by atoms with van der Waals surface area (Å²) in [7, 11) is 0. The molecule has 5 nitrogen and oxygen atoms in total. The molecule has 4 aromatic rings. The standard InChI is InChI=1S/C24H23BrNO4PS/c1-3-13-32-31(28,29-18-11-9-16(4-2)10-12-18)30-22-15-20(25)23-19(24(22)27)14-17-7-5-6-8-21(17)26-23/h5-12,14-15,27H,3-4,13H2,1-2H3. The summed E-state index contributed by atoms with van der Waals surface area (Å²) in [6.07, 6.45) is 1.71. The van der Waals surface area contributed by atoms with Crippen molar-refractivity contribution < 1.29 is 18.7 Å². The molecule has 0 aliphatic rings.